The zero-order valence-electron chi connectivity index (χ0n) is 10.8. The Labute approximate surface area is 137 Å². The molecule has 17 heavy (non-hydrogen) atoms. The average Bonchev–Trinajstić information content (AvgIpc) is 2.65. The maximum Gasteiger partial charge on any atom is 4.00 e. The molecule has 0 aromatic heterocycles. The summed E-state index contributed by atoms with van der Waals surface area (Å²) in [5.41, 5.74) is 5.43. The van der Waals surface area contributed by atoms with Gasteiger partial charge in [0.15, 0.2) is 0 Å². The van der Waals surface area contributed by atoms with Crippen molar-refractivity contribution in [2.24, 2.45) is 0 Å². The van der Waals surface area contributed by atoms with Gasteiger partial charge in [-0.3, -0.25) is 12.2 Å². The first-order valence-electron chi connectivity index (χ1n) is 5.10. The molecule has 2 aliphatic rings. The molecule has 2 rings (SSSR count). The third kappa shape index (κ3) is 9.04. The van der Waals surface area contributed by atoms with Crippen LogP contribution in [0.2, 0.25) is 0 Å². The molecule has 0 heterocycles. The molecule has 0 aromatic carbocycles. The van der Waals surface area contributed by atoms with Crippen LogP contribution in [0, 0.1) is 12.2 Å². The Morgan fingerprint density at radius 1 is 1.00 bits per heavy atom. The largest absolute Gasteiger partial charge is 4.00 e. The van der Waals surface area contributed by atoms with Crippen LogP contribution in [0.1, 0.15) is 40.5 Å². The Kier molecular flexibility index (Phi) is 15.3. The fourth-order valence-corrected chi connectivity index (χ4v) is 1.38. The van der Waals surface area contributed by atoms with E-state index in [9.17, 15) is 0 Å². The third-order valence-electron chi connectivity index (χ3n) is 2.49. The summed E-state index contributed by atoms with van der Waals surface area (Å²) in [5, 5.41) is 0. The van der Waals surface area contributed by atoms with Crippen LogP contribution in [0.25, 0.3) is 0 Å². The van der Waals surface area contributed by atoms with Crippen molar-refractivity contribution in [2.75, 3.05) is 0 Å². The molecule has 92 valence electrons. The Morgan fingerprint density at radius 3 is 1.71 bits per heavy atom. The molecule has 0 spiro atoms. The molecule has 0 aromatic rings. The van der Waals surface area contributed by atoms with E-state index < -0.39 is 0 Å². The molecule has 3 heteroatoms. The van der Waals surface area contributed by atoms with Gasteiger partial charge in [0.2, 0.25) is 0 Å². The Bertz CT molecular complexity index is 336. The second kappa shape index (κ2) is 11.5. The van der Waals surface area contributed by atoms with E-state index in [2.05, 4.69) is 52.0 Å². The van der Waals surface area contributed by atoms with Crippen molar-refractivity contribution in [3.63, 3.8) is 0 Å². The summed E-state index contributed by atoms with van der Waals surface area (Å²) in [6.45, 7) is 8.42. The predicted octanol–water partition coefficient (Wildman–Crippen LogP) is -1.82. The van der Waals surface area contributed by atoms with Crippen LogP contribution in [0.5, 0.6) is 0 Å². The van der Waals surface area contributed by atoms with Gasteiger partial charge in [-0.2, -0.15) is 11.6 Å². The topological polar surface area (TPSA) is 0 Å². The van der Waals surface area contributed by atoms with E-state index in [-0.39, 0.29) is 50.7 Å². The molecular formula is C14H18Cl2Hf. The van der Waals surface area contributed by atoms with Crippen LogP contribution < -0.4 is 24.8 Å². The quantitative estimate of drug-likeness (QED) is 0.311. The summed E-state index contributed by atoms with van der Waals surface area (Å²) in [6.07, 6.45) is 12.8. The summed E-state index contributed by atoms with van der Waals surface area (Å²) in [5.74, 6) is 0. The van der Waals surface area contributed by atoms with Crippen molar-refractivity contribution in [2.45, 2.75) is 40.5 Å². The van der Waals surface area contributed by atoms with Crippen molar-refractivity contribution in [1.29, 1.82) is 0 Å². The fraction of sp³-hybridized carbons (Fsp3) is 0.429. The van der Waals surface area contributed by atoms with E-state index in [1.165, 1.54) is 22.3 Å². The van der Waals surface area contributed by atoms with Crippen molar-refractivity contribution < 1.29 is 50.7 Å². The van der Waals surface area contributed by atoms with Crippen LogP contribution in [-0.2, 0) is 25.8 Å². The Morgan fingerprint density at radius 2 is 1.59 bits per heavy atom. The monoisotopic (exact) mass is 436 g/mol. The summed E-state index contributed by atoms with van der Waals surface area (Å²) in [6, 6.07) is 0. The van der Waals surface area contributed by atoms with Crippen molar-refractivity contribution >= 4 is 0 Å². The van der Waals surface area contributed by atoms with Crippen molar-refractivity contribution in [3.05, 3.63) is 46.6 Å². The van der Waals surface area contributed by atoms with Crippen LogP contribution >= 0.6 is 0 Å². The smallest absolute Gasteiger partial charge is 1.00 e. The summed E-state index contributed by atoms with van der Waals surface area (Å²) < 4.78 is 0. The molecule has 0 unspecified atom stereocenters. The van der Waals surface area contributed by atoms with Gasteiger partial charge in [0.25, 0.3) is 0 Å². The van der Waals surface area contributed by atoms with Gasteiger partial charge >= 0.3 is 25.8 Å². The third-order valence-corrected chi connectivity index (χ3v) is 2.49. The molecule has 2 aliphatic carbocycles. The molecule has 0 saturated carbocycles. The maximum absolute atomic E-state index is 3.19. The molecule has 0 N–H and O–H groups in total. The minimum atomic E-state index is 0. The summed E-state index contributed by atoms with van der Waals surface area (Å²) in [4.78, 5) is 0. The number of allylic oxidation sites excluding steroid dienone is 8. The van der Waals surface area contributed by atoms with E-state index in [0.29, 0.717) is 0 Å². The zero-order valence-corrected chi connectivity index (χ0v) is 15.9. The standard InChI is InChI=1S/2C7H9.2ClH.Hf/c1-6-3-4-7(2)5-6;1-6-4-3-5-7(6)2;;;/h2*3H,4H2,1-2H3;2*1H;/q2*-1;;;+4/p-2. The van der Waals surface area contributed by atoms with Gasteiger partial charge in [0.05, 0.1) is 0 Å². The predicted molar refractivity (Wildman–Crippen MR) is 61.6 cm³/mol. The van der Waals surface area contributed by atoms with Gasteiger partial charge < -0.3 is 24.8 Å². The maximum atomic E-state index is 3.19. The second-order valence-electron chi connectivity index (χ2n) is 3.95. The van der Waals surface area contributed by atoms with Crippen LogP contribution in [0.3, 0.4) is 0 Å². The first kappa shape index (κ1) is 22.6. The zero-order chi connectivity index (χ0) is 10.6. The van der Waals surface area contributed by atoms with Gasteiger partial charge in [0.1, 0.15) is 0 Å². The van der Waals surface area contributed by atoms with Crippen molar-refractivity contribution in [1.82, 2.24) is 0 Å². The van der Waals surface area contributed by atoms with E-state index >= 15 is 0 Å². The molecule has 0 aliphatic heterocycles. The normalized spacial score (nSPS) is 15.8. The Balaban J connectivity index is -0.000000196. The van der Waals surface area contributed by atoms with E-state index in [1.807, 2.05) is 0 Å². The molecule has 0 amide bonds. The van der Waals surface area contributed by atoms with E-state index in [4.69, 9.17) is 0 Å². The van der Waals surface area contributed by atoms with Gasteiger partial charge in [-0.15, -0.1) is 6.92 Å². The van der Waals surface area contributed by atoms with Gasteiger partial charge in [-0.1, -0.05) is 33.6 Å². The minimum Gasteiger partial charge on any atom is -1.00 e. The molecule has 0 bridgehead atoms. The molecule has 0 nitrogen and oxygen atoms in total. The van der Waals surface area contributed by atoms with Crippen LogP contribution in [0.15, 0.2) is 34.4 Å². The first-order valence-corrected chi connectivity index (χ1v) is 5.10. The number of hydrogen-bond acceptors (Lipinski definition) is 0. The molecule has 0 fully saturated rings. The van der Waals surface area contributed by atoms with E-state index in [1.54, 1.807) is 0 Å². The van der Waals surface area contributed by atoms with Gasteiger partial charge in [-0.05, 0) is 0 Å². The Hall–Kier alpha value is 0.410. The number of halogens is 2. The average molecular weight is 436 g/mol. The van der Waals surface area contributed by atoms with Gasteiger partial charge in [0, 0.05) is 0 Å². The number of rotatable bonds is 0. The van der Waals surface area contributed by atoms with Crippen LogP contribution in [0.4, 0.5) is 0 Å². The SMILES string of the molecule is CC1=C(C)CC=[C-]1.CC1=[C-]C(C)=CC1.[Cl-].[Cl-].[Hf+4]. The molecule has 0 atom stereocenters. The summed E-state index contributed by atoms with van der Waals surface area (Å²) in [7, 11) is 0. The second-order valence-corrected chi connectivity index (χ2v) is 3.95. The number of hydrogen-bond donors (Lipinski definition) is 0. The molecular weight excluding hydrogens is 418 g/mol. The summed E-state index contributed by atoms with van der Waals surface area (Å²) >= 11 is 0. The molecule has 0 radical (unpaired) electrons. The van der Waals surface area contributed by atoms with Crippen LogP contribution in [-0.4, -0.2) is 0 Å². The van der Waals surface area contributed by atoms with E-state index in [0.717, 1.165) is 12.8 Å². The first-order chi connectivity index (χ1) is 6.59. The van der Waals surface area contributed by atoms with Gasteiger partial charge in [-0.25, -0.2) is 22.8 Å². The van der Waals surface area contributed by atoms with Crippen molar-refractivity contribution in [3.8, 4) is 0 Å². The molecule has 0 saturated heterocycles. The minimum absolute atomic E-state index is 0. The fourth-order valence-electron chi connectivity index (χ4n) is 1.38.